The molecule has 0 amide bonds. The van der Waals surface area contributed by atoms with Gasteiger partial charge in [-0.05, 0) is 32.1 Å². The van der Waals surface area contributed by atoms with Crippen LogP contribution in [0.25, 0.3) is 0 Å². The molecule has 14 heavy (non-hydrogen) atoms. The Labute approximate surface area is 93.2 Å². The zero-order chi connectivity index (χ0) is 10.2. The van der Waals surface area contributed by atoms with E-state index in [2.05, 4.69) is 6.92 Å². The normalized spacial score (nSPS) is 24.0. The third-order valence-corrected chi connectivity index (χ3v) is 3.54. The van der Waals surface area contributed by atoms with Crippen LogP contribution in [0.2, 0.25) is 0 Å². The van der Waals surface area contributed by atoms with Crippen molar-refractivity contribution < 1.29 is 4.74 Å². The summed E-state index contributed by atoms with van der Waals surface area (Å²) in [5, 5.41) is 0.401. The largest absolute Gasteiger partial charge is 0.378 e. The van der Waals surface area contributed by atoms with Gasteiger partial charge >= 0.3 is 0 Å². The van der Waals surface area contributed by atoms with Crippen molar-refractivity contribution in [1.82, 2.24) is 0 Å². The molecule has 0 aromatic rings. The Hall–Kier alpha value is 0.250. The van der Waals surface area contributed by atoms with Gasteiger partial charge in [0.05, 0.1) is 6.10 Å². The van der Waals surface area contributed by atoms with Crippen LogP contribution in [0.15, 0.2) is 0 Å². The first kappa shape index (κ1) is 12.3. The van der Waals surface area contributed by atoms with Crippen LogP contribution in [0.3, 0.4) is 0 Å². The topological polar surface area (TPSA) is 9.23 Å². The van der Waals surface area contributed by atoms with Gasteiger partial charge in [-0.15, -0.1) is 11.6 Å². The van der Waals surface area contributed by atoms with Crippen LogP contribution in [0.1, 0.15) is 58.3 Å². The van der Waals surface area contributed by atoms with Crippen LogP contribution in [-0.2, 0) is 4.74 Å². The predicted octanol–water partition coefficient (Wildman–Crippen LogP) is 4.13. The van der Waals surface area contributed by atoms with Crippen LogP contribution in [0.4, 0.5) is 0 Å². The van der Waals surface area contributed by atoms with Crippen LogP contribution < -0.4 is 0 Å². The van der Waals surface area contributed by atoms with E-state index in [-0.39, 0.29) is 0 Å². The van der Waals surface area contributed by atoms with E-state index in [1.165, 1.54) is 44.9 Å². The molecule has 0 N–H and O–H groups in total. The summed E-state index contributed by atoms with van der Waals surface area (Å²) < 4.78 is 5.58. The molecule has 1 saturated heterocycles. The van der Waals surface area contributed by atoms with Crippen molar-refractivity contribution in [1.29, 1.82) is 0 Å². The summed E-state index contributed by atoms with van der Waals surface area (Å²) in [7, 11) is 0. The Morgan fingerprint density at radius 2 is 2.21 bits per heavy atom. The fourth-order valence-corrected chi connectivity index (χ4v) is 2.15. The molecule has 84 valence electrons. The second kappa shape index (κ2) is 7.53. The molecule has 0 radical (unpaired) electrons. The molecule has 1 fully saturated rings. The molecule has 1 aliphatic rings. The summed E-state index contributed by atoms with van der Waals surface area (Å²) in [4.78, 5) is 0. The van der Waals surface area contributed by atoms with Crippen molar-refractivity contribution in [2.24, 2.45) is 0 Å². The summed E-state index contributed by atoms with van der Waals surface area (Å²) in [6, 6.07) is 0. The minimum absolute atomic E-state index is 0.401. The summed E-state index contributed by atoms with van der Waals surface area (Å²) in [6.45, 7) is 3.15. The third kappa shape index (κ3) is 5.21. The first-order valence-corrected chi connectivity index (χ1v) is 6.52. The lowest BCUT2D eigenvalue weighted by Crippen LogP contribution is -2.04. The van der Waals surface area contributed by atoms with E-state index in [9.17, 15) is 0 Å². The molecule has 1 aliphatic heterocycles. The van der Waals surface area contributed by atoms with Gasteiger partial charge in [-0.25, -0.2) is 0 Å². The van der Waals surface area contributed by atoms with Crippen LogP contribution in [0, 0.1) is 0 Å². The summed E-state index contributed by atoms with van der Waals surface area (Å²) in [5.41, 5.74) is 0. The zero-order valence-electron chi connectivity index (χ0n) is 9.30. The van der Waals surface area contributed by atoms with Crippen molar-refractivity contribution in [3.63, 3.8) is 0 Å². The molecule has 2 unspecified atom stereocenters. The second-order valence-corrected chi connectivity index (χ2v) is 4.90. The molecule has 0 aliphatic carbocycles. The number of halogens is 1. The highest BCUT2D eigenvalue weighted by atomic mass is 35.5. The molecular formula is C12H23ClO. The van der Waals surface area contributed by atoms with E-state index in [1.807, 2.05) is 0 Å². The lowest BCUT2D eigenvalue weighted by molar-refractivity contribution is 0.102. The lowest BCUT2D eigenvalue weighted by atomic mass is 10.1. The number of hydrogen-bond acceptors (Lipinski definition) is 1. The van der Waals surface area contributed by atoms with Gasteiger partial charge in [0.2, 0.25) is 0 Å². The fourth-order valence-electron chi connectivity index (χ4n) is 1.99. The molecule has 2 atom stereocenters. The number of unbranched alkanes of at least 4 members (excludes halogenated alkanes) is 2. The minimum atomic E-state index is 0.401. The maximum absolute atomic E-state index is 6.05. The first-order valence-electron chi connectivity index (χ1n) is 6.08. The highest BCUT2D eigenvalue weighted by molar-refractivity contribution is 6.20. The van der Waals surface area contributed by atoms with Crippen molar-refractivity contribution in [3.8, 4) is 0 Å². The molecular weight excluding hydrogens is 196 g/mol. The van der Waals surface area contributed by atoms with Gasteiger partial charge in [-0.2, -0.15) is 0 Å². The molecule has 0 aromatic carbocycles. The second-order valence-electron chi connectivity index (χ2n) is 4.28. The molecule has 0 aromatic heterocycles. The van der Waals surface area contributed by atoms with Gasteiger partial charge < -0.3 is 4.74 Å². The van der Waals surface area contributed by atoms with E-state index in [1.54, 1.807) is 0 Å². The molecule has 0 saturated carbocycles. The monoisotopic (exact) mass is 218 g/mol. The Morgan fingerprint density at radius 3 is 2.86 bits per heavy atom. The number of rotatable bonds is 7. The van der Waals surface area contributed by atoms with E-state index in [0.29, 0.717) is 11.5 Å². The van der Waals surface area contributed by atoms with Gasteiger partial charge in [0, 0.05) is 12.0 Å². The lowest BCUT2D eigenvalue weighted by Gasteiger charge is -2.09. The van der Waals surface area contributed by atoms with Gasteiger partial charge in [0.25, 0.3) is 0 Å². The summed E-state index contributed by atoms with van der Waals surface area (Å²) in [6.07, 6.45) is 10.6. The SMILES string of the molecule is CCC(Cl)CCCCCC1CCCO1. The van der Waals surface area contributed by atoms with Gasteiger partial charge in [-0.3, -0.25) is 0 Å². The van der Waals surface area contributed by atoms with E-state index in [0.717, 1.165) is 13.0 Å². The van der Waals surface area contributed by atoms with Crippen molar-refractivity contribution >= 4 is 11.6 Å². The minimum Gasteiger partial charge on any atom is -0.378 e. The van der Waals surface area contributed by atoms with E-state index >= 15 is 0 Å². The summed E-state index contributed by atoms with van der Waals surface area (Å²) >= 11 is 6.05. The van der Waals surface area contributed by atoms with Crippen LogP contribution >= 0.6 is 11.6 Å². The number of alkyl halides is 1. The Morgan fingerprint density at radius 1 is 1.36 bits per heavy atom. The maximum atomic E-state index is 6.05. The van der Waals surface area contributed by atoms with Gasteiger partial charge in [0.15, 0.2) is 0 Å². The smallest absolute Gasteiger partial charge is 0.0576 e. The standard InChI is InChI=1S/C12H23ClO/c1-2-11(13)7-4-3-5-8-12-9-6-10-14-12/h11-12H,2-10H2,1H3. The Balaban J connectivity index is 1.84. The highest BCUT2D eigenvalue weighted by Gasteiger charge is 2.14. The van der Waals surface area contributed by atoms with Crippen LogP contribution in [0.5, 0.6) is 0 Å². The number of hydrogen-bond donors (Lipinski definition) is 0. The van der Waals surface area contributed by atoms with Crippen LogP contribution in [-0.4, -0.2) is 18.1 Å². The highest BCUT2D eigenvalue weighted by Crippen LogP contribution is 2.19. The maximum Gasteiger partial charge on any atom is 0.0576 e. The van der Waals surface area contributed by atoms with E-state index in [4.69, 9.17) is 16.3 Å². The van der Waals surface area contributed by atoms with Crippen molar-refractivity contribution in [3.05, 3.63) is 0 Å². The molecule has 1 heterocycles. The third-order valence-electron chi connectivity index (χ3n) is 3.01. The average Bonchev–Trinajstić information content (AvgIpc) is 2.69. The molecule has 2 heteroatoms. The first-order chi connectivity index (χ1) is 6.83. The number of ether oxygens (including phenoxy) is 1. The molecule has 1 nitrogen and oxygen atoms in total. The van der Waals surface area contributed by atoms with Gasteiger partial charge in [0.1, 0.15) is 0 Å². The van der Waals surface area contributed by atoms with Gasteiger partial charge in [-0.1, -0.05) is 26.2 Å². The van der Waals surface area contributed by atoms with Crippen molar-refractivity contribution in [2.75, 3.05) is 6.61 Å². The quantitative estimate of drug-likeness (QED) is 0.461. The van der Waals surface area contributed by atoms with Crippen molar-refractivity contribution in [2.45, 2.75) is 69.8 Å². The summed E-state index contributed by atoms with van der Waals surface area (Å²) in [5.74, 6) is 0. The molecule has 0 spiro atoms. The molecule has 0 bridgehead atoms. The Bertz CT molecular complexity index is 132. The zero-order valence-corrected chi connectivity index (χ0v) is 10.1. The predicted molar refractivity (Wildman–Crippen MR) is 62.0 cm³/mol. The van der Waals surface area contributed by atoms with E-state index < -0.39 is 0 Å². The Kier molecular flexibility index (Phi) is 6.63. The average molecular weight is 219 g/mol. The fraction of sp³-hybridized carbons (Fsp3) is 1.00. The molecule has 1 rings (SSSR count).